The number of nitrogens with one attached hydrogen (secondary N) is 1. The molecule has 126 valence electrons. The molecule has 0 atom stereocenters. The van der Waals surface area contributed by atoms with Crippen molar-refractivity contribution in [1.82, 2.24) is 10.2 Å². The smallest absolute Gasteiger partial charge is 0.277 e. The lowest BCUT2D eigenvalue weighted by Gasteiger charge is -2.05. The highest BCUT2D eigenvalue weighted by molar-refractivity contribution is 7.99. The van der Waals surface area contributed by atoms with Crippen LogP contribution >= 0.6 is 11.8 Å². The summed E-state index contributed by atoms with van der Waals surface area (Å²) in [6, 6.07) is 14.7. The summed E-state index contributed by atoms with van der Waals surface area (Å²) in [6.45, 7) is 0.198. The van der Waals surface area contributed by atoms with E-state index in [2.05, 4.69) is 15.5 Å². The van der Waals surface area contributed by atoms with Gasteiger partial charge in [-0.2, -0.15) is 0 Å². The van der Waals surface area contributed by atoms with Crippen molar-refractivity contribution in [3.05, 3.63) is 48.5 Å². The number of hydrogen-bond acceptors (Lipinski definition) is 7. The van der Waals surface area contributed by atoms with E-state index in [1.165, 1.54) is 11.8 Å². The van der Waals surface area contributed by atoms with Crippen molar-refractivity contribution in [2.45, 2.75) is 5.22 Å². The van der Waals surface area contributed by atoms with E-state index in [4.69, 9.17) is 13.9 Å². The number of aromatic nitrogens is 2. The van der Waals surface area contributed by atoms with Crippen LogP contribution in [0.5, 0.6) is 11.5 Å². The second-order valence-electron chi connectivity index (χ2n) is 5.14. The number of anilines is 1. The molecular weight excluding hydrogens is 342 g/mol. The second-order valence-corrected chi connectivity index (χ2v) is 6.07. The van der Waals surface area contributed by atoms with E-state index in [0.29, 0.717) is 28.3 Å². The number of ether oxygens (including phenoxy) is 2. The van der Waals surface area contributed by atoms with Gasteiger partial charge in [-0.05, 0) is 24.3 Å². The van der Waals surface area contributed by atoms with Gasteiger partial charge in [0.1, 0.15) is 0 Å². The summed E-state index contributed by atoms with van der Waals surface area (Å²) in [5.41, 5.74) is 1.48. The molecule has 1 aliphatic heterocycles. The lowest BCUT2D eigenvalue weighted by atomic mass is 10.2. The number of benzene rings is 2. The minimum absolute atomic E-state index is 0.158. The highest BCUT2D eigenvalue weighted by Crippen LogP contribution is 2.34. The van der Waals surface area contributed by atoms with Crippen molar-refractivity contribution >= 4 is 23.4 Å². The van der Waals surface area contributed by atoms with E-state index < -0.39 is 0 Å². The van der Waals surface area contributed by atoms with Gasteiger partial charge < -0.3 is 19.2 Å². The summed E-state index contributed by atoms with van der Waals surface area (Å²) in [5.74, 6) is 1.70. The Balaban J connectivity index is 1.34. The molecule has 0 saturated carbocycles. The molecule has 1 aliphatic rings. The molecule has 7 nitrogen and oxygen atoms in total. The average molecular weight is 355 g/mol. The lowest BCUT2D eigenvalue weighted by Crippen LogP contribution is -2.13. The summed E-state index contributed by atoms with van der Waals surface area (Å²) in [5, 5.41) is 11.1. The molecule has 1 N–H and O–H groups in total. The Bertz CT molecular complexity index is 898. The Kier molecular flexibility index (Phi) is 4.26. The normalized spacial score (nSPS) is 12.2. The first kappa shape index (κ1) is 15.5. The van der Waals surface area contributed by atoms with Crippen molar-refractivity contribution in [2.75, 3.05) is 17.9 Å². The van der Waals surface area contributed by atoms with Crippen LogP contribution in [-0.2, 0) is 4.79 Å². The third-order valence-electron chi connectivity index (χ3n) is 3.41. The maximum Gasteiger partial charge on any atom is 0.277 e. The summed E-state index contributed by atoms with van der Waals surface area (Å²) in [6.07, 6.45) is 0. The molecule has 25 heavy (non-hydrogen) atoms. The fourth-order valence-corrected chi connectivity index (χ4v) is 2.83. The zero-order valence-electron chi connectivity index (χ0n) is 13.0. The van der Waals surface area contributed by atoms with Crippen LogP contribution in [0.4, 0.5) is 5.69 Å². The first-order valence-electron chi connectivity index (χ1n) is 7.49. The van der Waals surface area contributed by atoms with Gasteiger partial charge in [0.25, 0.3) is 5.22 Å². The quantitative estimate of drug-likeness (QED) is 0.703. The molecule has 3 aromatic rings. The molecule has 0 radical (unpaired) electrons. The van der Waals surface area contributed by atoms with Crippen molar-refractivity contribution in [3.63, 3.8) is 0 Å². The largest absolute Gasteiger partial charge is 0.454 e. The first-order chi connectivity index (χ1) is 12.3. The first-order valence-corrected chi connectivity index (χ1v) is 8.48. The number of nitrogens with zero attached hydrogens (tertiary/aromatic N) is 2. The van der Waals surface area contributed by atoms with Gasteiger partial charge in [0.2, 0.25) is 18.6 Å². The molecule has 0 spiro atoms. The zero-order valence-corrected chi connectivity index (χ0v) is 13.8. The van der Waals surface area contributed by atoms with Crippen LogP contribution < -0.4 is 14.8 Å². The number of fused-ring (bicyclic) bond motifs is 1. The summed E-state index contributed by atoms with van der Waals surface area (Å²) < 4.78 is 16.1. The summed E-state index contributed by atoms with van der Waals surface area (Å²) in [7, 11) is 0. The summed E-state index contributed by atoms with van der Waals surface area (Å²) >= 11 is 1.18. The van der Waals surface area contributed by atoms with Crippen molar-refractivity contribution < 1.29 is 18.7 Å². The van der Waals surface area contributed by atoms with E-state index in [9.17, 15) is 4.79 Å². The maximum atomic E-state index is 12.1. The van der Waals surface area contributed by atoms with Crippen LogP contribution in [0.1, 0.15) is 0 Å². The number of carbonyl (C=O) groups is 1. The predicted octanol–water partition coefficient (Wildman–Crippen LogP) is 3.20. The minimum Gasteiger partial charge on any atom is -0.454 e. The van der Waals surface area contributed by atoms with Gasteiger partial charge in [0.05, 0.1) is 5.75 Å². The van der Waals surface area contributed by atoms with E-state index in [0.717, 1.165) is 5.56 Å². The highest BCUT2D eigenvalue weighted by Gasteiger charge is 2.15. The zero-order chi connectivity index (χ0) is 17.1. The van der Waals surface area contributed by atoms with Gasteiger partial charge in [-0.25, -0.2) is 0 Å². The van der Waals surface area contributed by atoms with E-state index in [1.54, 1.807) is 18.2 Å². The SMILES string of the molecule is O=C(CSc1nnc(-c2ccccc2)o1)Nc1ccc2c(c1)OCO2. The van der Waals surface area contributed by atoms with Crippen LogP contribution in [0.2, 0.25) is 0 Å². The molecular formula is C17H13N3O4S. The Morgan fingerprint density at radius 1 is 1.08 bits per heavy atom. The second kappa shape index (κ2) is 6.86. The third-order valence-corrected chi connectivity index (χ3v) is 4.23. The Hall–Kier alpha value is -3.00. The van der Waals surface area contributed by atoms with Gasteiger partial charge in [-0.15, -0.1) is 10.2 Å². The standard InChI is InChI=1S/C17H13N3O4S/c21-15(18-12-6-7-13-14(8-12)23-10-22-13)9-25-17-20-19-16(24-17)11-4-2-1-3-5-11/h1-8H,9-10H2,(H,18,21). The highest BCUT2D eigenvalue weighted by atomic mass is 32.2. The van der Waals surface area contributed by atoms with Crippen molar-refractivity contribution in [3.8, 4) is 23.0 Å². The molecule has 0 fully saturated rings. The van der Waals surface area contributed by atoms with Gasteiger partial charge in [0.15, 0.2) is 11.5 Å². The van der Waals surface area contributed by atoms with Gasteiger partial charge in [-0.3, -0.25) is 4.79 Å². The van der Waals surface area contributed by atoms with Crippen molar-refractivity contribution in [2.24, 2.45) is 0 Å². The Morgan fingerprint density at radius 3 is 2.80 bits per heavy atom. The van der Waals surface area contributed by atoms with E-state index in [1.807, 2.05) is 30.3 Å². The molecule has 2 heterocycles. The number of thioether (sulfide) groups is 1. The van der Waals surface area contributed by atoms with Crippen LogP contribution in [0.25, 0.3) is 11.5 Å². The molecule has 1 amide bonds. The van der Waals surface area contributed by atoms with Crippen LogP contribution in [0, 0.1) is 0 Å². The van der Waals surface area contributed by atoms with Gasteiger partial charge in [0, 0.05) is 17.3 Å². The number of amides is 1. The Morgan fingerprint density at radius 2 is 1.92 bits per heavy atom. The molecule has 0 bridgehead atoms. The van der Waals surface area contributed by atoms with Crippen LogP contribution in [0.3, 0.4) is 0 Å². The van der Waals surface area contributed by atoms with E-state index >= 15 is 0 Å². The fraction of sp³-hybridized carbons (Fsp3) is 0.118. The molecule has 0 unspecified atom stereocenters. The van der Waals surface area contributed by atoms with Crippen molar-refractivity contribution in [1.29, 1.82) is 0 Å². The molecule has 4 rings (SSSR count). The lowest BCUT2D eigenvalue weighted by molar-refractivity contribution is -0.113. The molecule has 1 aromatic heterocycles. The Labute approximate surface area is 147 Å². The molecule has 2 aromatic carbocycles. The minimum atomic E-state index is -0.177. The van der Waals surface area contributed by atoms with Crippen LogP contribution in [0.15, 0.2) is 58.2 Å². The number of carbonyl (C=O) groups excluding carboxylic acids is 1. The third kappa shape index (κ3) is 3.58. The molecule has 0 aliphatic carbocycles. The predicted molar refractivity (Wildman–Crippen MR) is 91.7 cm³/mol. The fourth-order valence-electron chi connectivity index (χ4n) is 2.26. The molecule has 8 heteroatoms. The number of hydrogen-bond donors (Lipinski definition) is 1. The maximum absolute atomic E-state index is 12.1. The van der Waals surface area contributed by atoms with Crippen LogP contribution in [-0.4, -0.2) is 28.7 Å². The average Bonchev–Trinajstić information content (AvgIpc) is 3.30. The monoisotopic (exact) mass is 355 g/mol. The summed E-state index contributed by atoms with van der Waals surface area (Å²) in [4.78, 5) is 12.1. The number of rotatable bonds is 5. The topological polar surface area (TPSA) is 86.5 Å². The molecule has 0 saturated heterocycles. The van der Waals surface area contributed by atoms with Gasteiger partial charge in [-0.1, -0.05) is 30.0 Å². The van der Waals surface area contributed by atoms with Gasteiger partial charge >= 0.3 is 0 Å². The van der Waals surface area contributed by atoms with E-state index in [-0.39, 0.29) is 18.5 Å².